The Morgan fingerprint density at radius 2 is 1.70 bits per heavy atom. The fraction of sp³-hybridized carbons (Fsp3) is 1.00. The van der Waals surface area contributed by atoms with Gasteiger partial charge in [-0.3, -0.25) is 0 Å². The molecule has 0 saturated heterocycles. The molecule has 58 valence electrons. The summed E-state index contributed by atoms with van der Waals surface area (Å²) in [4.78, 5) is 0. The molecule has 2 aliphatic carbocycles. The van der Waals surface area contributed by atoms with E-state index in [1.54, 1.807) is 0 Å². The van der Waals surface area contributed by atoms with E-state index in [9.17, 15) is 0 Å². The Morgan fingerprint density at radius 1 is 1.00 bits per heavy atom. The van der Waals surface area contributed by atoms with Crippen LogP contribution in [-0.4, -0.2) is 5.25 Å². The molecule has 0 aromatic rings. The van der Waals surface area contributed by atoms with Crippen LogP contribution < -0.4 is 0 Å². The third-order valence-corrected chi connectivity index (χ3v) is 4.28. The quantitative estimate of drug-likeness (QED) is 0.512. The molecule has 2 saturated carbocycles. The Balaban J connectivity index is 1.99. The van der Waals surface area contributed by atoms with Crippen LogP contribution in [0.2, 0.25) is 0 Å². The van der Waals surface area contributed by atoms with E-state index < -0.39 is 0 Å². The lowest BCUT2D eigenvalue weighted by molar-refractivity contribution is 0.0894. The van der Waals surface area contributed by atoms with Gasteiger partial charge in [-0.2, -0.15) is 12.6 Å². The molecular formula is C9H16S. The largest absolute Gasteiger partial charge is 0.175 e. The lowest BCUT2D eigenvalue weighted by Crippen LogP contribution is -2.42. The van der Waals surface area contributed by atoms with Crippen LogP contribution in [0, 0.1) is 5.41 Å². The van der Waals surface area contributed by atoms with Crippen LogP contribution in [0.5, 0.6) is 0 Å². The fourth-order valence-electron chi connectivity index (χ4n) is 2.52. The number of hydrogen-bond donors (Lipinski definition) is 1. The van der Waals surface area contributed by atoms with Crippen molar-refractivity contribution in [3.63, 3.8) is 0 Å². The van der Waals surface area contributed by atoms with Crippen molar-refractivity contribution in [3.05, 3.63) is 0 Å². The summed E-state index contributed by atoms with van der Waals surface area (Å²) in [6.07, 6.45) is 10.2. The highest BCUT2D eigenvalue weighted by Gasteiger charge is 2.44. The second-order valence-corrected chi connectivity index (χ2v) is 4.60. The van der Waals surface area contributed by atoms with Crippen molar-refractivity contribution in [1.82, 2.24) is 0 Å². The predicted molar refractivity (Wildman–Crippen MR) is 47.5 cm³/mol. The van der Waals surface area contributed by atoms with E-state index in [4.69, 9.17) is 0 Å². The summed E-state index contributed by atoms with van der Waals surface area (Å²) < 4.78 is 0. The summed E-state index contributed by atoms with van der Waals surface area (Å²) in [6.45, 7) is 0. The molecule has 2 rings (SSSR count). The van der Waals surface area contributed by atoms with Crippen molar-refractivity contribution in [2.45, 2.75) is 50.2 Å². The van der Waals surface area contributed by atoms with Crippen molar-refractivity contribution >= 4 is 12.6 Å². The van der Waals surface area contributed by atoms with Crippen molar-refractivity contribution in [2.75, 3.05) is 0 Å². The smallest absolute Gasteiger partial charge is 0.00734 e. The Bertz CT molecular complexity index is 125. The van der Waals surface area contributed by atoms with Crippen LogP contribution in [0.25, 0.3) is 0 Å². The average molecular weight is 156 g/mol. The first kappa shape index (κ1) is 7.02. The van der Waals surface area contributed by atoms with Crippen molar-refractivity contribution < 1.29 is 0 Å². The standard InChI is InChI=1S/C9H16S/c10-8-4-7-9(8)5-2-1-3-6-9/h8,10H,1-7H2. The maximum absolute atomic E-state index is 4.61. The van der Waals surface area contributed by atoms with Gasteiger partial charge in [-0.05, 0) is 31.1 Å². The molecule has 0 N–H and O–H groups in total. The van der Waals surface area contributed by atoms with Gasteiger partial charge in [0.15, 0.2) is 0 Å². The molecule has 1 atom stereocenters. The third-order valence-electron chi connectivity index (χ3n) is 3.47. The second kappa shape index (κ2) is 2.44. The zero-order chi connectivity index (χ0) is 7.03. The summed E-state index contributed by atoms with van der Waals surface area (Å²) in [5.74, 6) is 0. The Kier molecular flexibility index (Phi) is 1.71. The topological polar surface area (TPSA) is 0 Å². The molecular weight excluding hydrogens is 140 g/mol. The molecule has 10 heavy (non-hydrogen) atoms. The molecule has 1 unspecified atom stereocenters. The van der Waals surface area contributed by atoms with E-state index in [2.05, 4.69) is 12.6 Å². The van der Waals surface area contributed by atoms with Gasteiger partial charge >= 0.3 is 0 Å². The van der Waals surface area contributed by atoms with Crippen molar-refractivity contribution in [3.8, 4) is 0 Å². The van der Waals surface area contributed by atoms with E-state index in [1.807, 2.05) is 0 Å². The van der Waals surface area contributed by atoms with Gasteiger partial charge in [0, 0.05) is 5.25 Å². The van der Waals surface area contributed by atoms with Crippen LogP contribution in [0.4, 0.5) is 0 Å². The molecule has 0 amide bonds. The molecule has 0 aromatic heterocycles. The SMILES string of the molecule is SC1CCC12CCCCC2. The molecule has 0 bridgehead atoms. The van der Waals surface area contributed by atoms with Crippen LogP contribution in [0.15, 0.2) is 0 Å². The fourth-order valence-corrected chi connectivity index (χ4v) is 3.04. The van der Waals surface area contributed by atoms with E-state index in [1.165, 1.54) is 44.9 Å². The van der Waals surface area contributed by atoms with Gasteiger partial charge in [-0.25, -0.2) is 0 Å². The zero-order valence-electron chi connectivity index (χ0n) is 6.47. The summed E-state index contributed by atoms with van der Waals surface area (Å²) in [6, 6.07) is 0. The number of rotatable bonds is 0. The van der Waals surface area contributed by atoms with E-state index in [-0.39, 0.29) is 0 Å². The molecule has 1 heteroatoms. The first-order chi connectivity index (χ1) is 4.83. The third kappa shape index (κ3) is 0.903. The lowest BCUT2D eigenvalue weighted by Gasteiger charge is -2.50. The molecule has 0 heterocycles. The van der Waals surface area contributed by atoms with E-state index >= 15 is 0 Å². The minimum absolute atomic E-state index is 0.724. The highest BCUT2D eigenvalue weighted by molar-refractivity contribution is 7.81. The zero-order valence-corrected chi connectivity index (χ0v) is 7.37. The normalized spacial score (nSPS) is 37.5. The van der Waals surface area contributed by atoms with Gasteiger partial charge in [-0.15, -0.1) is 0 Å². The van der Waals surface area contributed by atoms with Crippen LogP contribution >= 0.6 is 12.6 Å². The van der Waals surface area contributed by atoms with Crippen LogP contribution in [0.1, 0.15) is 44.9 Å². The van der Waals surface area contributed by atoms with E-state index in [0.29, 0.717) is 0 Å². The van der Waals surface area contributed by atoms with Gasteiger partial charge < -0.3 is 0 Å². The minimum atomic E-state index is 0.724. The monoisotopic (exact) mass is 156 g/mol. The summed E-state index contributed by atoms with van der Waals surface area (Å²) in [5, 5.41) is 0.757. The predicted octanol–water partition coefficient (Wildman–Crippen LogP) is 3.03. The Labute approximate surface area is 68.8 Å². The van der Waals surface area contributed by atoms with Gasteiger partial charge in [-0.1, -0.05) is 19.3 Å². The average Bonchev–Trinajstić information content (AvgIpc) is 2.04. The minimum Gasteiger partial charge on any atom is -0.175 e. The van der Waals surface area contributed by atoms with E-state index in [0.717, 1.165) is 10.7 Å². The summed E-state index contributed by atoms with van der Waals surface area (Å²) in [7, 11) is 0. The van der Waals surface area contributed by atoms with Crippen LogP contribution in [-0.2, 0) is 0 Å². The highest BCUT2D eigenvalue weighted by Crippen LogP contribution is 2.53. The number of hydrogen-bond acceptors (Lipinski definition) is 1. The lowest BCUT2D eigenvalue weighted by atomic mass is 9.60. The van der Waals surface area contributed by atoms with Gasteiger partial charge in [0.2, 0.25) is 0 Å². The van der Waals surface area contributed by atoms with Gasteiger partial charge in [0.1, 0.15) is 0 Å². The molecule has 0 aromatic carbocycles. The maximum Gasteiger partial charge on any atom is 0.00734 e. The molecule has 0 radical (unpaired) electrons. The van der Waals surface area contributed by atoms with Gasteiger partial charge in [0.05, 0.1) is 0 Å². The first-order valence-corrected chi connectivity index (χ1v) is 5.03. The number of thiol groups is 1. The Morgan fingerprint density at radius 3 is 2.00 bits per heavy atom. The molecule has 0 nitrogen and oxygen atoms in total. The molecule has 2 aliphatic rings. The highest BCUT2D eigenvalue weighted by atomic mass is 32.1. The summed E-state index contributed by atoms with van der Waals surface area (Å²) >= 11 is 4.61. The maximum atomic E-state index is 4.61. The second-order valence-electron chi connectivity index (χ2n) is 3.98. The first-order valence-electron chi connectivity index (χ1n) is 4.52. The van der Waals surface area contributed by atoms with Gasteiger partial charge in [0.25, 0.3) is 0 Å². The van der Waals surface area contributed by atoms with Crippen LogP contribution in [0.3, 0.4) is 0 Å². The summed E-state index contributed by atoms with van der Waals surface area (Å²) in [5.41, 5.74) is 0.724. The molecule has 2 fully saturated rings. The Hall–Kier alpha value is 0.350. The van der Waals surface area contributed by atoms with Crippen molar-refractivity contribution in [1.29, 1.82) is 0 Å². The molecule has 0 aliphatic heterocycles. The van der Waals surface area contributed by atoms with Crippen molar-refractivity contribution in [2.24, 2.45) is 5.41 Å². The molecule has 1 spiro atoms.